The van der Waals surface area contributed by atoms with Crippen LogP contribution in [0.4, 0.5) is 13.2 Å². The van der Waals surface area contributed by atoms with E-state index in [4.69, 9.17) is 0 Å². The molecule has 2 aromatic rings. The fraction of sp³-hybridized carbons (Fsp3) is 0.421. The molecule has 1 fully saturated rings. The minimum Gasteiger partial charge on any atom is -0.337 e. The van der Waals surface area contributed by atoms with Gasteiger partial charge in [0.05, 0.1) is 5.56 Å². The summed E-state index contributed by atoms with van der Waals surface area (Å²) in [5.41, 5.74) is -0.515. The van der Waals surface area contributed by atoms with E-state index in [1.807, 2.05) is 0 Å². The van der Waals surface area contributed by atoms with Gasteiger partial charge in [0, 0.05) is 48.9 Å². The van der Waals surface area contributed by atoms with Crippen molar-refractivity contribution in [1.29, 1.82) is 0 Å². The highest BCUT2D eigenvalue weighted by Gasteiger charge is 2.34. The Morgan fingerprint density at radius 3 is 2.50 bits per heavy atom. The highest BCUT2D eigenvalue weighted by atomic mass is 32.1. The second-order valence-electron chi connectivity index (χ2n) is 6.51. The summed E-state index contributed by atoms with van der Waals surface area (Å²) in [6.07, 6.45) is -4.08. The summed E-state index contributed by atoms with van der Waals surface area (Å²) < 4.78 is 39.5. The highest BCUT2D eigenvalue weighted by molar-refractivity contribution is 7.11. The van der Waals surface area contributed by atoms with Crippen molar-refractivity contribution in [3.05, 3.63) is 57.3 Å². The van der Waals surface area contributed by atoms with Gasteiger partial charge in [0.2, 0.25) is 5.91 Å². The van der Waals surface area contributed by atoms with Gasteiger partial charge in [-0.3, -0.25) is 9.69 Å². The molecule has 7 heteroatoms. The predicted octanol–water partition coefficient (Wildman–Crippen LogP) is 4.31. The lowest BCUT2D eigenvalue weighted by atomic mass is 10.1. The van der Waals surface area contributed by atoms with Crippen molar-refractivity contribution in [3.8, 4) is 0 Å². The molecule has 3 nitrogen and oxygen atoms in total. The van der Waals surface area contributed by atoms with Crippen LogP contribution in [0.3, 0.4) is 0 Å². The number of rotatable bonds is 4. The Morgan fingerprint density at radius 2 is 1.81 bits per heavy atom. The van der Waals surface area contributed by atoms with Crippen molar-refractivity contribution in [2.24, 2.45) is 0 Å². The van der Waals surface area contributed by atoms with Gasteiger partial charge in [-0.05, 0) is 30.7 Å². The summed E-state index contributed by atoms with van der Waals surface area (Å²) in [6, 6.07) is 9.64. The van der Waals surface area contributed by atoms with Gasteiger partial charge in [-0.2, -0.15) is 13.2 Å². The summed E-state index contributed by atoms with van der Waals surface area (Å²) in [5, 5.41) is 0. The van der Waals surface area contributed by atoms with Crippen molar-refractivity contribution in [1.82, 2.24) is 9.80 Å². The Kier molecular flexibility index (Phi) is 5.67. The zero-order valence-corrected chi connectivity index (χ0v) is 15.4. The Labute approximate surface area is 155 Å². The number of carbonyl (C=O) groups excluding carboxylic acids is 1. The number of hydrogen-bond acceptors (Lipinski definition) is 3. The molecule has 0 aliphatic carbocycles. The normalized spacial score (nSPS) is 16.8. The van der Waals surface area contributed by atoms with Gasteiger partial charge in [0.15, 0.2) is 0 Å². The van der Waals surface area contributed by atoms with Crippen LogP contribution in [0, 0.1) is 6.92 Å². The number of thiophene rings is 1. The number of hydrogen-bond donors (Lipinski definition) is 0. The van der Waals surface area contributed by atoms with E-state index in [1.54, 1.807) is 22.3 Å². The largest absolute Gasteiger partial charge is 0.416 e. The van der Waals surface area contributed by atoms with E-state index in [0.29, 0.717) is 26.1 Å². The van der Waals surface area contributed by atoms with Crippen LogP contribution in [0.1, 0.15) is 27.3 Å². The molecule has 0 spiro atoms. The summed E-state index contributed by atoms with van der Waals surface area (Å²) in [4.78, 5) is 18.6. The summed E-state index contributed by atoms with van der Waals surface area (Å²) in [5.74, 6) is -0.0909. The molecule has 1 aromatic carbocycles. The molecule has 0 radical (unpaired) electrons. The third kappa shape index (κ3) is 4.65. The van der Waals surface area contributed by atoms with Gasteiger partial charge >= 0.3 is 6.18 Å². The molecular weight excluding hydrogens is 361 g/mol. The molecule has 0 N–H and O–H groups in total. The zero-order valence-electron chi connectivity index (χ0n) is 14.6. The molecule has 1 aliphatic heterocycles. The molecule has 3 rings (SSSR count). The fourth-order valence-electron chi connectivity index (χ4n) is 3.17. The lowest BCUT2D eigenvalue weighted by Gasteiger charge is -2.23. The van der Waals surface area contributed by atoms with E-state index in [9.17, 15) is 18.0 Å². The summed E-state index contributed by atoms with van der Waals surface area (Å²) >= 11 is 1.73. The molecule has 1 aliphatic rings. The molecule has 0 saturated carbocycles. The number of amides is 1. The fourth-order valence-corrected chi connectivity index (χ4v) is 4.10. The van der Waals surface area contributed by atoms with Crippen molar-refractivity contribution in [2.75, 3.05) is 19.6 Å². The molecule has 0 bridgehead atoms. The van der Waals surface area contributed by atoms with Gasteiger partial charge in [-0.1, -0.05) is 18.2 Å². The lowest BCUT2D eigenvalue weighted by molar-refractivity contribution is -0.139. The molecule has 2 heterocycles. The Balaban J connectivity index is 1.67. The van der Waals surface area contributed by atoms with Crippen molar-refractivity contribution >= 4 is 17.2 Å². The molecule has 1 aromatic heterocycles. The summed E-state index contributed by atoms with van der Waals surface area (Å²) in [7, 11) is 0. The van der Waals surface area contributed by atoms with Crippen LogP contribution < -0.4 is 0 Å². The van der Waals surface area contributed by atoms with E-state index in [2.05, 4.69) is 24.0 Å². The van der Waals surface area contributed by atoms with Crippen LogP contribution in [0.5, 0.6) is 0 Å². The lowest BCUT2D eigenvalue weighted by Crippen LogP contribution is -2.33. The predicted molar refractivity (Wildman–Crippen MR) is 95.8 cm³/mol. The number of nitrogens with zero attached hydrogens (tertiary/aromatic N) is 2. The van der Waals surface area contributed by atoms with Crippen molar-refractivity contribution in [2.45, 2.75) is 32.6 Å². The molecule has 1 saturated heterocycles. The number of carbonyl (C=O) groups is 1. The van der Waals surface area contributed by atoms with Gasteiger partial charge in [0.1, 0.15) is 0 Å². The van der Waals surface area contributed by atoms with E-state index >= 15 is 0 Å². The van der Waals surface area contributed by atoms with Crippen molar-refractivity contribution < 1.29 is 18.0 Å². The van der Waals surface area contributed by atoms with Gasteiger partial charge in [0.25, 0.3) is 0 Å². The molecule has 0 atom stereocenters. The molecule has 0 unspecified atom stereocenters. The molecular formula is C19H21F3N2OS. The number of benzene rings is 1. The maximum atomic E-state index is 13.2. The average molecular weight is 382 g/mol. The standard InChI is InChI=1S/C19H21F3N2OS/c1-14-6-7-16(26-14)13-23-9-8-18(25)24(11-10-23)12-15-4-2-3-5-17(15)19(20,21)22/h2-7H,8-13H2,1H3. The SMILES string of the molecule is Cc1ccc(CN2CCC(=O)N(Cc3ccccc3C(F)(F)F)CC2)s1. The molecule has 1 amide bonds. The highest BCUT2D eigenvalue weighted by Crippen LogP contribution is 2.32. The van der Waals surface area contributed by atoms with Crippen LogP contribution in [0.25, 0.3) is 0 Å². The van der Waals surface area contributed by atoms with Crippen LogP contribution in [0.2, 0.25) is 0 Å². The molecule has 26 heavy (non-hydrogen) atoms. The Morgan fingerprint density at radius 1 is 1.04 bits per heavy atom. The Hall–Kier alpha value is -1.86. The first-order valence-electron chi connectivity index (χ1n) is 8.53. The first-order valence-corrected chi connectivity index (χ1v) is 9.35. The topological polar surface area (TPSA) is 23.6 Å². The third-order valence-corrected chi connectivity index (χ3v) is 5.53. The second-order valence-corrected chi connectivity index (χ2v) is 7.88. The third-order valence-electron chi connectivity index (χ3n) is 4.54. The minimum atomic E-state index is -4.41. The smallest absolute Gasteiger partial charge is 0.337 e. The van der Waals surface area contributed by atoms with Crippen LogP contribution >= 0.6 is 11.3 Å². The quantitative estimate of drug-likeness (QED) is 0.787. The molecule has 140 valence electrons. The first-order chi connectivity index (χ1) is 12.3. The van der Waals surface area contributed by atoms with E-state index in [0.717, 1.165) is 12.6 Å². The zero-order chi connectivity index (χ0) is 18.7. The van der Waals surface area contributed by atoms with Gasteiger partial charge in [-0.15, -0.1) is 11.3 Å². The van der Waals surface area contributed by atoms with Crippen LogP contribution in [-0.2, 0) is 24.1 Å². The monoisotopic (exact) mass is 382 g/mol. The van der Waals surface area contributed by atoms with Gasteiger partial charge < -0.3 is 4.90 Å². The second kappa shape index (κ2) is 7.80. The van der Waals surface area contributed by atoms with Crippen LogP contribution in [-0.4, -0.2) is 35.3 Å². The number of halogens is 3. The Bertz CT molecular complexity index is 772. The van der Waals surface area contributed by atoms with Gasteiger partial charge in [-0.25, -0.2) is 0 Å². The van der Waals surface area contributed by atoms with E-state index < -0.39 is 11.7 Å². The summed E-state index contributed by atoms with van der Waals surface area (Å²) in [6.45, 7) is 4.57. The average Bonchev–Trinajstić information content (AvgIpc) is 2.91. The number of alkyl halides is 3. The first kappa shape index (κ1) is 18.9. The van der Waals surface area contributed by atoms with Crippen molar-refractivity contribution in [3.63, 3.8) is 0 Å². The maximum Gasteiger partial charge on any atom is 0.416 e. The van der Waals surface area contributed by atoms with Crippen LogP contribution in [0.15, 0.2) is 36.4 Å². The maximum absolute atomic E-state index is 13.2. The minimum absolute atomic E-state index is 0.000463. The van der Waals surface area contributed by atoms with E-state index in [-0.39, 0.29) is 18.0 Å². The van der Waals surface area contributed by atoms with E-state index in [1.165, 1.54) is 21.9 Å². The number of aryl methyl sites for hydroxylation is 1.